The first-order chi connectivity index (χ1) is 19.4. The van der Waals surface area contributed by atoms with Crippen LogP contribution in [0.2, 0.25) is 0 Å². The molecule has 1 atom stereocenters. The highest BCUT2D eigenvalue weighted by Crippen LogP contribution is 2.40. The van der Waals surface area contributed by atoms with Gasteiger partial charge in [-0.3, -0.25) is 4.79 Å². The Kier molecular flexibility index (Phi) is 9.87. The Balaban J connectivity index is 0.000000210. The standard InChI is InChI=1S/C20H20FN3O.C12H15NO2/c21-18-7-6-17(11-19(18)24-13-25)20(23,9-8-14-4-5-14)16-3-1-2-15(10-16)12-22;14-12(13-8-4-5-9-13)15-10-11-6-2-1-3-7-11/h1-3,6-7,10-11,13-14H,4-5,8-9,23H2,(H,24,25);1-3,6-7H,4-5,8-10H2. The number of nitriles is 1. The highest BCUT2D eigenvalue weighted by Gasteiger charge is 2.33. The Morgan fingerprint density at radius 3 is 2.48 bits per heavy atom. The highest BCUT2D eigenvalue weighted by atomic mass is 19.1. The van der Waals surface area contributed by atoms with E-state index in [0.29, 0.717) is 36.5 Å². The van der Waals surface area contributed by atoms with Crippen LogP contribution in [0.1, 0.15) is 60.8 Å². The Morgan fingerprint density at radius 1 is 1.07 bits per heavy atom. The van der Waals surface area contributed by atoms with Crippen LogP contribution in [0, 0.1) is 23.1 Å². The van der Waals surface area contributed by atoms with Gasteiger partial charge < -0.3 is 20.7 Å². The lowest BCUT2D eigenvalue weighted by molar-refractivity contribution is -0.105. The molecule has 0 aromatic heterocycles. The van der Waals surface area contributed by atoms with Crippen LogP contribution < -0.4 is 11.1 Å². The molecule has 1 unspecified atom stereocenters. The topological polar surface area (TPSA) is 108 Å². The molecule has 5 rings (SSSR count). The number of anilines is 1. The third-order valence-corrected chi connectivity index (χ3v) is 7.42. The number of hydrogen-bond donors (Lipinski definition) is 2. The minimum absolute atomic E-state index is 0.102. The van der Waals surface area contributed by atoms with Crippen molar-refractivity contribution in [3.8, 4) is 6.07 Å². The average Bonchev–Trinajstić information content (AvgIpc) is 3.66. The lowest BCUT2D eigenvalue weighted by atomic mass is 9.79. The van der Waals surface area contributed by atoms with Crippen molar-refractivity contribution in [2.75, 3.05) is 18.4 Å². The molecule has 3 aromatic rings. The number of nitrogens with one attached hydrogen (secondary N) is 1. The molecule has 40 heavy (non-hydrogen) atoms. The SMILES string of the molecule is N#Cc1cccc(C(N)(CCC2CC2)c2ccc(F)c(NC=O)c2)c1.O=C(OCc1ccccc1)N1CCCC1. The van der Waals surface area contributed by atoms with E-state index >= 15 is 0 Å². The van der Waals surface area contributed by atoms with Gasteiger partial charge in [0.25, 0.3) is 0 Å². The van der Waals surface area contributed by atoms with Gasteiger partial charge in [0.05, 0.1) is 22.9 Å². The predicted octanol–water partition coefficient (Wildman–Crippen LogP) is 6.08. The van der Waals surface area contributed by atoms with E-state index in [9.17, 15) is 19.2 Å². The normalized spacial score (nSPS) is 15.7. The maximum atomic E-state index is 13.9. The zero-order valence-electron chi connectivity index (χ0n) is 22.5. The number of carbonyl (C=O) groups is 2. The van der Waals surface area contributed by atoms with Gasteiger partial charge in [-0.2, -0.15) is 5.26 Å². The molecule has 2 amide bonds. The Bertz CT molecular complexity index is 1330. The summed E-state index contributed by atoms with van der Waals surface area (Å²) in [6.07, 6.45) is 6.56. The van der Waals surface area contributed by atoms with Crippen molar-refractivity contribution in [1.82, 2.24) is 4.90 Å². The lowest BCUT2D eigenvalue weighted by Gasteiger charge is -2.31. The highest BCUT2D eigenvalue weighted by molar-refractivity contribution is 5.72. The first kappa shape index (κ1) is 28.8. The molecule has 2 fully saturated rings. The fraction of sp³-hybridized carbons (Fsp3) is 0.344. The smallest absolute Gasteiger partial charge is 0.410 e. The molecule has 1 aliphatic carbocycles. The number of likely N-dealkylation sites (tertiary alicyclic amines) is 1. The maximum absolute atomic E-state index is 13.9. The summed E-state index contributed by atoms with van der Waals surface area (Å²) in [5.41, 5.74) is 9.16. The third-order valence-electron chi connectivity index (χ3n) is 7.42. The molecular weight excluding hydrogens is 507 g/mol. The van der Waals surface area contributed by atoms with Gasteiger partial charge in [0.15, 0.2) is 0 Å². The average molecular weight is 543 g/mol. The van der Waals surface area contributed by atoms with E-state index in [0.717, 1.165) is 43.5 Å². The van der Waals surface area contributed by atoms with Crippen LogP contribution in [-0.2, 0) is 21.7 Å². The minimum atomic E-state index is -0.845. The molecule has 0 spiro atoms. The summed E-state index contributed by atoms with van der Waals surface area (Å²) in [7, 11) is 0. The van der Waals surface area contributed by atoms with Crippen molar-refractivity contribution < 1.29 is 18.7 Å². The molecule has 0 bridgehead atoms. The van der Waals surface area contributed by atoms with Crippen molar-refractivity contribution >= 4 is 18.2 Å². The largest absolute Gasteiger partial charge is 0.445 e. The molecule has 8 heteroatoms. The summed E-state index contributed by atoms with van der Waals surface area (Å²) < 4.78 is 19.1. The molecule has 1 aliphatic heterocycles. The molecule has 3 N–H and O–H groups in total. The second kappa shape index (κ2) is 13.7. The molecule has 3 aromatic carbocycles. The molecule has 1 heterocycles. The number of nitrogens with two attached hydrogens (primary N) is 1. The number of amides is 2. The van der Waals surface area contributed by atoms with Gasteiger partial charge in [-0.15, -0.1) is 0 Å². The number of benzene rings is 3. The van der Waals surface area contributed by atoms with E-state index in [1.165, 1.54) is 18.9 Å². The van der Waals surface area contributed by atoms with E-state index in [4.69, 9.17) is 10.5 Å². The number of rotatable bonds is 9. The molecule has 208 valence electrons. The molecular formula is C32H35FN4O3. The zero-order chi connectivity index (χ0) is 28.4. The number of nitrogens with zero attached hydrogens (tertiary/aromatic N) is 2. The summed E-state index contributed by atoms with van der Waals surface area (Å²) in [4.78, 5) is 24.0. The van der Waals surface area contributed by atoms with Crippen LogP contribution in [0.3, 0.4) is 0 Å². The second-order valence-corrected chi connectivity index (χ2v) is 10.3. The van der Waals surface area contributed by atoms with Crippen molar-refractivity contribution in [2.24, 2.45) is 11.7 Å². The summed E-state index contributed by atoms with van der Waals surface area (Å²) >= 11 is 0. The van der Waals surface area contributed by atoms with Gasteiger partial charge in [0.1, 0.15) is 12.4 Å². The molecule has 7 nitrogen and oxygen atoms in total. The quantitative estimate of drug-likeness (QED) is 0.319. The number of hydrogen-bond acceptors (Lipinski definition) is 5. The maximum Gasteiger partial charge on any atom is 0.410 e. The fourth-order valence-corrected chi connectivity index (χ4v) is 4.85. The Morgan fingerprint density at radius 2 is 1.80 bits per heavy atom. The molecule has 1 saturated heterocycles. The van der Waals surface area contributed by atoms with E-state index in [2.05, 4.69) is 11.4 Å². The predicted molar refractivity (Wildman–Crippen MR) is 152 cm³/mol. The van der Waals surface area contributed by atoms with Crippen molar-refractivity contribution in [2.45, 2.75) is 50.7 Å². The number of ether oxygens (including phenoxy) is 1. The van der Waals surface area contributed by atoms with Gasteiger partial charge in [-0.1, -0.05) is 61.4 Å². The summed E-state index contributed by atoms with van der Waals surface area (Å²) in [5, 5.41) is 11.6. The minimum Gasteiger partial charge on any atom is -0.445 e. The van der Waals surface area contributed by atoms with Crippen LogP contribution in [0.25, 0.3) is 0 Å². The van der Waals surface area contributed by atoms with Crippen molar-refractivity contribution in [3.05, 3.63) is 101 Å². The zero-order valence-corrected chi connectivity index (χ0v) is 22.5. The summed E-state index contributed by atoms with van der Waals surface area (Å²) in [6.45, 7) is 2.05. The van der Waals surface area contributed by atoms with Crippen molar-refractivity contribution in [3.63, 3.8) is 0 Å². The number of halogens is 1. The first-order valence-electron chi connectivity index (χ1n) is 13.7. The van der Waals surface area contributed by atoms with Gasteiger partial charge in [0.2, 0.25) is 6.41 Å². The van der Waals surface area contributed by atoms with Crippen LogP contribution in [-0.4, -0.2) is 30.5 Å². The first-order valence-corrected chi connectivity index (χ1v) is 13.7. The van der Waals surface area contributed by atoms with E-state index in [-0.39, 0.29) is 11.8 Å². The van der Waals surface area contributed by atoms with Gasteiger partial charge in [-0.05, 0) is 72.6 Å². The van der Waals surface area contributed by atoms with Crippen LogP contribution in [0.4, 0.5) is 14.9 Å². The van der Waals surface area contributed by atoms with Gasteiger partial charge >= 0.3 is 6.09 Å². The van der Waals surface area contributed by atoms with E-state index in [1.54, 1.807) is 35.2 Å². The monoisotopic (exact) mass is 542 g/mol. The number of carbonyl (C=O) groups excluding carboxylic acids is 2. The summed E-state index contributed by atoms with van der Waals surface area (Å²) in [6, 6.07) is 23.6. The molecule has 0 radical (unpaired) electrons. The lowest BCUT2D eigenvalue weighted by Crippen LogP contribution is -2.38. The van der Waals surface area contributed by atoms with E-state index < -0.39 is 11.4 Å². The van der Waals surface area contributed by atoms with Crippen LogP contribution in [0.15, 0.2) is 72.8 Å². The third kappa shape index (κ3) is 7.67. The van der Waals surface area contributed by atoms with Gasteiger partial charge in [0, 0.05) is 13.1 Å². The second-order valence-electron chi connectivity index (χ2n) is 10.3. The van der Waals surface area contributed by atoms with Crippen LogP contribution >= 0.6 is 0 Å². The Labute approximate surface area is 234 Å². The van der Waals surface area contributed by atoms with E-state index in [1.807, 2.05) is 36.4 Å². The summed E-state index contributed by atoms with van der Waals surface area (Å²) in [5.74, 6) is 0.182. The van der Waals surface area contributed by atoms with Crippen molar-refractivity contribution in [1.29, 1.82) is 5.26 Å². The fourth-order valence-electron chi connectivity index (χ4n) is 4.85. The van der Waals surface area contributed by atoms with Crippen LogP contribution in [0.5, 0.6) is 0 Å². The Hall–Kier alpha value is -4.22. The van der Waals surface area contributed by atoms with Gasteiger partial charge in [-0.25, -0.2) is 9.18 Å². The molecule has 2 aliphatic rings. The molecule has 1 saturated carbocycles.